The zero-order chi connectivity index (χ0) is 13.4. The van der Waals surface area contributed by atoms with Gasteiger partial charge in [-0.25, -0.2) is 0 Å². The molecule has 0 radical (unpaired) electrons. The molecular formula is C14H27N3O. The molecule has 2 atom stereocenters. The molecule has 1 heterocycles. The summed E-state index contributed by atoms with van der Waals surface area (Å²) in [5.41, 5.74) is 1.32. The summed E-state index contributed by atoms with van der Waals surface area (Å²) in [6, 6.07) is 0.577. The zero-order valence-corrected chi connectivity index (χ0v) is 12.1. The number of rotatable bonds is 9. The normalized spacial score (nSPS) is 14.7. The van der Waals surface area contributed by atoms with E-state index in [0.717, 1.165) is 25.8 Å². The second-order valence-electron chi connectivity index (χ2n) is 4.94. The van der Waals surface area contributed by atoms with Crippen molar-refractivity contribution in [3.63, 3.8) is 0 Å². The topological polar surface area (TPSA) is 39.1 Å². The molecule has 0 amide bonds. The Bertz CT molecular complexity index is 325. The number of aromatic nitrogens is 2. The minimum atomic E-state index is 0.351. The van der Waals surface area contributed by atoms with Crippen molar-refractivity contribution >= 4 is 0 Å². The van der Waals surface area contributed by atoms with Gasteiger partial charge in [-0.2, -0.15) is 5.10 Å². The Hall–Kier alpha value is -0.870. The first kappa shape index (κ1) is 15.2. The molecule has 0 bridgehead atoms. The molecule has 0 aliphatic carbocycles. The van der Waals surface area contributed by atoms with Crippen LogP contribution in [0.5, 0.6) is 0 Å². The molecule has 104 valence electrons. The first-order chi connectivity index (χ1) is 8.65. The van der Waals surface area contributed by atoms with E-state index in [9.17, 15) is 0 Å². The standard InChI is InChI=1S/C14H27N3O/c1-5-15-14(8-6-12(2)18-4)9-7-13-10-16-17(3)11-13/h10-12,14-15H,5-9H2,1-4H3. The molecule has 1 N–H and O–H groups in total. The van der Waals surface area contributed by atoms with Gasteiger partial charge in [0, 0.05) is 26.4 Å². The highest BCUT2D eigenvalue weighted by Crippen LogP contribution is 2.10. The summed E-state index contributed by atoms with van der Waals surface area (Å²) in [6.07, 6.45) is 8.94. The fourth-order valence-electron chi connectivity index (χ4n) is 2.13. The fraction of sp³-hybridized carbons (Fsp3) is 0.786. The Morgan fingerprint density at radius 3 is 2.72 bits per heavy atom. The van der Waals surface area contributed by atoms with E-state index in [1.165, 1.54) is 12.0 Å². The van der Waals surface area contributed by atoms with Crippen molar-refractivity contribution in [3.05, 3.63) is 18.0 Å². The maximum Gasteiger partial charge on any atom is 0.0543 e. The molecule has 4 heteroatoms. The fourth-order valence-corrected chi connectivity index (χ4v) is 2.13. The molecule has 0 aliphatic rings. The smallest absolute Gasteiger partial charge is 0.0543 e. The summed E-state index contributed by atoms with van der Waals surface area (Å²) in [4.78, 5) is 0. The van der Waals surface area contributed by atoms with Gasteiger partial charge in [-0.15, -0.1) is 0 Å². The highest BCUT2D eigenvalue weighted by molar-refractivity contribution is 5.03. The van der Waals surface area contributed by atoms with Crippen LogP contribution in [-0.2, 0) is 18.2 Å². The van der Waals surface area contributed by atoms with Crippen LogP contribution in [0.1, 0.15) is 38.7 Å². The van der Waals surface area contributed by atoms with E-state index >= 15 is 0 Å². The van der Waals surface area contributed by atoms with Gasteiger partial charge in [0.15, 0.2) is 0 Å². The summed E-state index contributed by atoms with van der Waals surface area (Å²) >= 11 is 0. The van der Waals surface area contributed by atoms with Crippen LogP contribution in [0.3, 0.4) is 0 Å². The van der Waals surface area contributed by atoms with Crippen molar-refractivity contribution in [1.82, 2.24) is 15.1 Å². The summed E-state index contributed by atoms with van der Waals surface area (Å²) in [6.45, 7) is 5.32. The number of hydrogen-bond donors (Lipinski definition) is 1. The van der Waals surface area contributed by atoms with Crippen LogP contribution in [0.25, 0.3) is 0 Å². The minimum Gasteiger partial charge on any atom is -0.382 e. The van der Waals surface area contributed by atoms with Crippen LogP contribution in [-0.4, -0.2) is 35.6 Å². The molecule has 1 aromatic heterocycles. The quantitative estimate of drug-likeness (QED) is 0.733. The van der Waals surface area contributed by atoms with E-state index < -0.39 is 0 Å². The Morgan fingerprint density at radius 1 is 1.39 bits per heavy atom. The third-order valence-corrected chi connectivity index (χ3v) is 3.36. The van der Waals surface area contributed by atoms with Crippen molar-refractivity contribution in [2.75, 3.05) is 13.7 Å². The van der Waals surface area contributed by atoms with Crippen molar-refractivity contribution in [3.8, 4) is 0 Å². The number of nitrogens with one attached hydrogen (secondary N) is 1. The maximum absolute atomic E-state index is 5.30. The van der Waals surface area contributed by atoms with Gasteiger partial charge in [-0.05, 0) is 44.7 Å². The number of methoxy groups -OCH3 is 1. The average molecular weight is 253 g/mol. The molecule has 1 aromatic rings. The highest BCUT2D eigenvalue weighted by Gasteiger charge is 2.10. The Labute approximate surface area is 111 Å². The van der Waals surface area contributed by atoms with Crippen LogP contribution in [0, 0.1) is 0 Å². The number of nitrogens with zero attached hydrogens (tertiary/aromatic N) is 2. The minimum absolute atomic E-state index is 0.351. The second-order valence-corrected chi connectivity index (χ2v) is 4.94. The number of hydrogen-bond acceptors (Lipinski definition) is 3. The summed E-state index contributed by atoms with van der Waals surface area (Å²) < 4.78 is 7.17. The SMILES string of the molecule is CCNC(CCc1cnn(C)c1)CCC(C)OC. The molecule has 1 rings (SSSR count). The van der Waals surface area contributed by atoms with Gasteiger partial charge < -0.3 is 10.1 Å². The van der Waals surface area contributed by atoms with Crippen LogP contribution in [0.15, 0.2) is 12.4 Å². The number of ether oxygens (including phenoxy) is 1. The predicted molar refractivity (Wildman–Crippen MR) is 74.7 cm³/mol. The predicted octanol–water partition coefficient (Wildman–Crippen LogP) is 2.15. The lowest BCUT2D eigenvalue weighted by Crippen LogP contribution is -2.30. The van der Waals surface area contributed by atoms with Crippen molar-refractivity contribution in [1.29, 1.82) is 0 Å². The van der Waals surface area contributed by atoms with Crippen LogP contribution in [0.2, 0.25) is 0 Å². The summed E-state index contributed by atoms with van der Waals surface area (Å²) in [5, 5.41) is 7.76. The van der Waals surface area contributed by atoms with Crippen LogP contribution < -0.4 is 5.32 Å². The van der Waals surface area contributed by atoms with E-state index in [0.29, 0.717) is 12.1 Å². The molecule has 18 heavy (non-hydrogen) atoms. The van der Waals surface area contributed by atoms with E-state index in [2.05, 4.69) is 30.5 Å². The Kier molecular flexibility index (Phi) is 6.98. The lowest BCUT2D eigenvalue weighted by Gasteiger charge is -2.19. The van der Waals surface area contributed by atoms with E-state index in [-0.39, 0.29) is 0 Å². The lowest BCUT2D eigenvalue weighted by atomic mass is 10.0. The third kappa shape index (κ3) is 5.65. The van der Waals surface area contributed by atoms with Gasteiger partial charge in [-0.3, -0.25) is 4.68 Å². The third-order valence-electron chi connectivity index (χ3n) is 3.36. The Balaban J connectivity index is 2.32. The van der Waals surface area contributed by atoms with E-state index in [4.69, 9.17) is 4.74 Å². The highest BCUT2D eigenvalue weighted by atomic mass is 16.5. The molecule has 0 saturated carbocycles. The van der Waals surface area contributed by atoms with Gasteiger partial charge in [-0.1, -0.05) is 6.92 Å². The summed E-state index contributed by atoms with van der Waals surface area (Å²) in [5.74, 6) is 0. The summed E-state index contributed by atoms with van der Waals surface area (Å²) in [7, 11) is 3.74. The van der Waals surface area contributed by atoms with E-state index in [1.807, 2.05) is 17.9 Å². The van der Waals surface area contributed by atoms with Crippen molar-refractivity contribution in [2.45, 2.75) is 51.7 Å². The van der Waals surface area contributed by atoms with Crippen LogP contribution in [0.4, 0.5) is 0 Å². The first-order valence-electron chi connectivity index (χ1n) is 6.89. The van der Waals surface area contributed by atoms with Crippen LogP contribution >= 0.6 is 0 Å². The van der Waals surface area contributed by atoms with Gasteiger partial charge in [0.05, 0.1) is 12.3 Å². The first-order valence-corrected chi connectivity index (χ1v) is 6.89. The molecule has 0 aliphatic heterocycles. The molecular weight excluding hydrogens is 226 g/mol. The molecule has 4 nitrogen and oxygen atoms in total. The Morgan fingerprint density at radius 2 is 2.17 bits per heavy atom. The largest absolute Gasteiger partial charge is 0.382 e. The molecule has 2 unspecified atom stereocenters. The van der Waals surface area contributed by atoms with Gasteiger partial charge in [0.1, 0.15) is 0 Å². The lowest BCUT2D eigenvalue weighted by molar-refractivity contribution is 0.106. The number of aryl methyl sites for hydroxylation is 2. The average Bonchev–Trinajstić information content (AvgIpc) is 2.78. The second kappa shape index (κ2) is 8.27. The molecule has 0 aromatic carbocycles. The van der Waals surface area contributed by atoms with Gasteiger partial charge in [0.2, 0.25) is 0 Å². The van der Waals surface area contributed by atoms with E-state index in [1.54, 1.807) is 7.11 Å². The maximum atomic E-state index is 5.30. The van der Waals surface area contributed by atoms with Crippen molar-refractivity contribution < 1.29 is 4.74 Å². The van der Waals surface area contributed by atoms with Gasteiger partial charge in [0.25, 0.3) is 0 Å². The molecule has 0 spiro atoms. The van der Waals surface area contributed by atoms with Crippen molar-refractivity contribution in [2.24, 2.45) is 7.05 Å². The van der Waals surface area contributed by atoms with Gasteiger partial charge >= 0.3 is 0 Å². The monoisotopic (exact) mass is 253 g/mol. The molecule has 0 fully saturated rings. The molecule has 0 saturated heterocycles. The zero-order valence-electron chi connectivity index (χ0n) is 12.1.